The number of hydrazone groups is 1. The number of amides is 1. The highest BCUT2D eigenvalue weighted by molar-refractivity contribution is 8.15. The third-order valence-electron chi connectivity index (χ3n) is 2.97. The van der Waals surface area contributed by atoms with Crippen molar-refractivity contribution in [2.75, 3.05) is 20.3 Å². The van der Waals surface area contributed by atoms with Crippen molar-refractivity contribution in [3.63, 3.8) is 0 Å². The lowest BCUT2D eigenvalue weighted by Crippen LogP contribution is -2.34. The van der Waals surface area contributed by atoms with Gasteiger partial charge in [0.2, 0.25) is 0 Å². The lowest BCUT2D eigenvalue weighted by Gasteiger charge is -2.19. The first-order valence-electron chi connectivity index (χ1n) is 6.68. The zero-order valence-electron chi connectivity index (χ0n) is 11.8. The monoisotopic (exact) mass is 311 g/mol. The average Bonchev–Trinajstić information content (AvgIpc) is 2.89. The van der Waals surface area contributed by atoms with E-state index in [-0.39, 0.29) is 23.7 Å². The Morgan fingerprint density at radius 2 is 2.38 bits per heavy atom. The van der Waals surface area contributed by atoms with Crippen LogP contribution in [0.1, 0.15) is 18.4 Å². The van der Waals surface area contributed by atoms with E-state index in [1.165, 1.54) is 36.0 Å². The van der Waals surface area contributed by atoms with Crippen LogP contribution in [0.25, 0.3) is 0 Å². The molecule has 1 aliphatic heterocycles. The highest BCUT2D eigenvalue weighted by Gasteiger charge is 2.32. The highest BCUT2D eigenvalue weighted by Crippen LogP contribution is 2.32. The van der Waals surface area contributed by atoms with E-state index in [0.29, 0.717) is 17.2 Å². The molecule has 1 amide bonds. The minimum atomic E-state index is -0.323. The van der Waals surface area contributed by atoms with Gasteiger partial charge in [0.1, 0.15) is 22.8 Å². The Bertz CT molecular complexity index is 539. The van der Waals surface area contributed by atoms with Crippen molar-refractivity contribution in [1.82, 2.24) is 5.01 Å². The molecule has 1 aromatic carbocycles. The van der Waals surface area contributed by atoms with Crippen molar-refractivity contribution in [3.8, 4) is 0 Å². The van der Waals surface area contributed by atoms with E-state index in [2.05, 4.69) is 5.10 Å². The van der Waals surface area contributed by atoms with E-state index < -0.39 is 0 Å². The van der Waals surface area contributed by atoms with Gasteiger partial charge in [-0.25, -0.2) is 9.40 Å². The topological polar surface area (TPSA) is 67.9 Å². The predicted molar refractivity (Wildman–Crippen MR) is 81.3 cm³/mol. The van der Waals surface area contributed by atoms with Crippen molar-refractivity contribution in [2.45, 2.75) is 18.2 Å². The molecule has 114 valence electrons. The van der Waals surface area contributed by atoms with Gasteiger partial charge in [-0.05, 0) is 31.5 Å². The lowest BCUT2D eigenvalue weighted by atomic mass is 10.2. The van der Waals surface area contributed by atoms with Crippen molar-refractivity contribution < 1.29 is 13.9 Å². The molecule has 1 aromatic rings. The fourth-order valence-corrected chi connectivity index (χ4v) is 3.20. The van der Waals surface area contributed by atoms with Gasteiger partial charge in [-0.15, -0.1) is 0 Å². The summed E-state index contributed by atoms with van der Waals surface area (Å²) in [5.41, 5.74) is 6.20. The molecule has 1 heterocycles. The molecule has 1 aliphatic rings. The molecule has 0 radical (unpaired) electrons. The molecule has 2 rings (SSSR count). The number of nitrogens with two attached hydrogens (primary N) is 1. The Morgan fingerprint density at radius 1 is 1.57 bits per heavy atom. The Morgan fingerprint density at radius 3 is 3.05 bits per heavy atom. The minimum Gasteiger partial charge on any atom is -0.375 e. The van der Waals surface area contributed by atoms with Gasteiger partial charge in [-0.1, -0.05) is 23.9 Å². The summed E-state index contributed by atoms with van der Waals surface area (Å²) < 4.78 is 18.2. The van der Waals surface area contributed by atoms with Gasteiger partial charge in [0, 0.05) is 12.7 Å². The summed E-state index contributed by atoms with van der Waals surface area (Å²) in [6.45, 7) is 0.526. The quantitative estimate of drug-likeness (QED) is 0.869. The number of hydrogen-bond acceptors (Lipinski definition) is 5. The summed E-state index contributed by atoms with van der Waals surface area (Å²) in [5.74, 6) is -0.533. The van der Waals surface area contributed by atoms with Crippen LogP contribution < -0.4 is 5.73 Å². The van der Waals surface area contributed by atoms with Crippen LogP contribution in [0.5, 0.6) is 0 Å². The summed E-state index contributed by atoms with van der Waals surface area (Å²) in [6, 6.07) is 6.20. The highest BCUT2D eigenvalue weighted by atomic mass is 32.2. The van der Waals surface area contributed by atoms with Crippen LogP contribution >= 0.6 is 11.8 Å². The fourth-order valence-electron chi connectivity index (χ4n) is 1.99. The van der Waals surface area contributed by atoms with E-state index in [1.807, 2.05) is 0 Å². The molecule has 0 spiro atoms. The number of thioether (sulfide) groups is 1. The van der Waals surface area contributed by atoms with Gasteiger partial charge in [-0.2, -0.15) is 5.10 Å². The summed E-state index contributed by atoms with van der Waals surface area (Å²) in [4.78, 5) is 12.0. The lowest BCUT2D eigenvalue weighted by molar-refractivity contribution is -0.135. The second-order valence-electron chi connectivity index (χ2n) is 4.59. The van der Waals surface area contributed by atoms with Crippen LogP contribution in [-0.4, -0.2) is 41.6 Å². The number of halogens is 1. The zero-order valence-corrected chi connectivity index (χ0v) is 12.6. The molecule has 0 bridgehead atoms. The summed E-state index contributed by atoms with van der Waals surface area (Å²) in [5, 5.41) is 6.27. The van der Waals surface area contributed by atoms with Gasteiger partial charge in [-0.3, -0.25) is 4.79 Å². The molecule has 0 aromatic heterocycles. The number of hydrogen-bond donors (Lipinski definition) is 1. The Labute approximate surface area is 127 Å². The molecule has 0 saturated heterocycles. The summed E-state index contributed by atoms with van der Waals surface area (Å²) >= 11 is 1.45. The molecule has 0 saturated carbocycles. The number of ether oxygens (including phenoxy) is 1. The van der Waals surface area contributed by atoms with Crippen molar-refractivity contribution in [3.05, 3.63) is 35.6 Å². The van der Waals surface area contributed by atoms with Gasteiger partial charge < -0.3 is 10.5 Å². The molecular formula is C14H18FN3O2S. The third-order valence-corrected chi connectivity index (χ3v) is 4.22. The molecule has 21 heavy (non-hydrogen) atoms. The molecule has 0 aliphatic carbocycles. The molecule has 1 atom stereocenters. The number of benzene rings is 1. The number of nitrogens with zero attached hydrogens (tertiary/aromatic N) is 2. The first kappa shape index (κ1) is 15.9. The van der Waals surface area contributed by atoms with E-state index in [1.54, 1.807) is 12.1 Å². The molecular weight excluding hydrogens is 293 g/mol. The van der Waals surface area contributed by atoms with Crippen LogP contribution in [0.3, 0.4) is 0 Å². The fraction of sp³-hybridized carbons (Fsp3) is 0.429. The molecule has 2 N–H and O–H groups in total. The zero-order chi connectivity index (χ0) is 15.2. The first-order valence-corrected chi connectivity index (χ1v) is 7.56. The minimum absolute atomic E-state index is 0.0282. The van der Waals surface area contributed by atoms with Gasteiger partial charge in [0.15, 0.2) is 0 Å². The van der Waals surface area contributed by atoms with Crippen LogP contribution in [-0.2, 0) is 9.53 Å². The van der Waals surface area contributed by atoms with Crippen LogP contribution in [0.2, 0.25) is 0 Å². The molecule has 5 nitrogen and oxygen atoms in total. The van der Waals surface area contributed by atoms with Gasteiger partial charge in [0.25, 0.3) is 5.91 Å². The SMILES string of the molecule is COCC(=O)N1N=C(c2cccc(F)c2)SC1CCCN. The first-order chi connectivity index (χ1) is 10.2. The summed E-state index contributed by atoms with van der Waals surface area (Å²) in [7, 11) is 1.47. The smallest absolute Gasteiger partial charge is 0.269 e. The standard InChI is InChI=1S/C14H18FN3O2S/c1-20-9-12(19)18-13(6-3-7-16)21-14(17-18)10-4-2-5-11(15)8-10/h2,4-5,8,13H,3,6-7,9,16H2,1H3. The second-order valence-corrected chi connectivity index (χ2v) is 5.76. The average molecular weight is 311 g/mol. The number of methoxy groups -OCH3 is 1. The van der Waals surface area contributed by atoms with E-state index in [4.69, 9.17) is 10.5 Å². The maximum absolute atomic E-state index is 13.3. The molecule has 7 heteroatoms. The Balaban J connectivity index is 2.19. The van der Waals surface area contributed by atoms with Crippen molar-refractivity contribution in [2.24, 2.45) is 10.8 Å². The molecule has 0 fully saturated rings. The normalized spacial score (nSPS) is 18.0. The van der Waals surface area contributed by atoms with Crippen molar-refractivity contribution >= 4 is 22.7 Å². The third kappa shape index (κ3) is 4.03. The van der Waals surface area contributed by atoms with E-state index >= 15 is 0 Å². The van der Waals surface area contributed by atoms with Gasteiger partial charge >= 0.3 is 0 Å². The number of rotatable bonds is 6. The predicted octanol–water partition coefficient (Wildman–Crippen LogP) is 1.77. The maximum atomic E-state index is 13.3. The largest absolute Gasteiger partial charge is 0.375 e. The van der Waals surface area contributed by atoms with Crippen molar-refractivity contribution in [1.29, 1.82) is 0 Å². The summed E-state index contributed by atoms with van der Waals surface area (Å²) in [6.07, 6.45) is 1.53. The van der Waals surface area contributed by atoms with E-state index in [9.17, 15) is 9.18 Å². The van der Waals surface area contributed by atoms with E-state index in [0.717, 1.165) is 12.8 Å². The van der Waals surface area contributed by atoms with Gasteiger partial charge in [0.05, 0.1) is 0 Å². The Kier molecular flexibility index (Phi) is 5.72. The maximum Gasteiger partial charge on any atom is 0.269 e. The van der Waals surface area contributed by atoms with Crippen LogP contribution in [0.4, 0.5) is 4.39 Å². The van der Waals surface area contributed by atoms with Crippen LogP contribution in [0, 0.1) is 5.82 Å². The number of carbonyl (C=O) groups is 1. The van der Waals surface area contributed by atoms with Crippen LogP contribution in [0.15, 0.2) is 29.4 Å². The Hall–Kier alpha value is -1.44. The number of carbonyl (C=O) groups excluding carboxylic acids is 1. The second kappa shape index (κ2) is 7.53. The molecule has 1 unspecified atom stereocenters.